The average Bonchev–Trinajstić information content (AvgIpc) is 3.43. The highest BCUT2D eigenvalue weighted by Gasteiger charge is 2.46. The van der Waals surface area contributed by atoms with E-state index in [0.717, 1.165) is 41.6 Å². The Labute approximate surface area is 220 Å². The first-order chi connectivity index (χ1) is 18.5. The first-order valence-electron chi connectivity index (χ1n) is 13.0. The maximum absolute atomic E-state index is 15.4. The number of amides is 2. The number of carbonyl (C=O) groups excluding carboxylic acids is 2. The molecule has 3 aliphatic rings. The number of aromatic nitrogens is 2. The van der Waals surface area contributed by atoms with Gasteiger partial charge in [0.2, 0.25) is 5.91 Å². The largest absolute Gasteiger partial charge is 0.573 e. The summed E-state index contributed by atoms with van der Waals surface area (Å²) < 4.78 is 56.8. The number of ether oxygens (including phenoxy) is 1. The monoisotopic (exact) mass is 545 g/mol. The van der Waals surface area contributed by atoms with Crippen LogP contribution in [0.15, 0.2) is 24.4 Å². The number of nitrogen functional groups attached to an aromatic ring is 1. The zero-order valence-corrected chi connectivity index (χ0v) is 21.0. The second kappa shape index (κ2) is 9.13. The molecular weight excluding hydrogens is 518 g/mol. The van der Waals surface area contributed by atoms with Crippen LogP contribution >= 0.6 is 0 Å². The van der Waals surface area contributed by atoms with Gasteiger partial charge in [-0.1, -0.05) is 0 Å². The average molecular weight is 546 g/mol. The predicted octanol–water partition coefficient (Wildman–Crippen LogP) is 4.20. The van der Waals surface area contributed by atoms with Crippen molar-refractivity contribution in [3.8, 4) is 5.75 Å². The normalized spacial score (nSPS) is 21.8. The number of benzene rings is 1. The lowest BCUT2D eigenvalue weighted by atomic mass is 9.71. The van der Waals surface area contributed by atoms with E-state index in [9.17, 15) is 22.8 Å². The van der Waals surface area contributed by atoms with E-state index in [1.54, 1.807) is 4.90 Å². The minimum atomic E-state index is -4.86. The summed E-state index contributed by atoms with van der Waals surface area (Å²) in [4.78, 5) is 35.0. The highest BCUT2D eigenvalue weighted by molar-refractivity contribution is 5.99. The number of hydrogen-bond acceptors (Lipinski definition) is 5. The molecule has 0 saturated carbocycles. The summed E-state index contributed by atoms with van der Waals surface area (Å²) in [6, 6.07) is 3.25. The van der Waals surface area contributed by atoms with Crippen LogP contribution in [0.4, 0.5) is 23.2 Å². The zero-order valence-electron chi connectivity index (χ0n) is 21.0. The molecule has 12 heteroatoms. The van der Waals surface area contributed by atoms with E-state index in [1.807, 2.05) is 0 Å². The number of hydrogen-bond donors (Lipinski definition) is 3. The van der Waals surface area contributed by atoms with Gasteiger partial charge in [0.25, 0.3) is 5.91 Å². The number of carbonyl (C=O) groups is 2. The number of nitrogens with one attached hydrogen (secondary N) is 2. The van der Waals surface area contributed by atoms with Crippen molar-refractivity contribution in [2.45, 2.75) is 50.8 Å². The Kier molecular flexibility index (Phi) is 5.96. The van der Waals surface area contributed by atoms with Crippen molar-refractivity contribution in [2.75, 3.05) is 25.4 Å². The van der Waals surface area contributed by atoms with Crippen molar-refractivity contribution < 1.29 is 31.9 Å². The van der Waals surface area contributed by atoms with Crippen molar-refractivity contribution in [1.29, 1.82) is 0 Å². The third-order valence-corrected chi connectivity index (χ3v) is 8.42. The molecule has 1 aliphatic carbocycles. The molecule has 1 aromatic carbocycles. The highest BCUT2D eigenvalue weighted by Crippen LogP contribution is 2.45. The molecule has 1 unspecified atom stereocenters. The predicted molar refractivity (Wildman–Crippen MR) is 134 cm³/mol. The number of likely N-dealkylation sites (tertiary alicyclic amines) is 1. The molecule has 3 aromatic rings. The van der Waals surface area contributed by atoms with Gasteiger partial charge in [-0.2, -0.15) is 0 Å². The summed E-state index contributed by atoms with van der Waals surface area (Å²) >= 11 is 0. The van der Waals surface area contributed by atoms with E-state index in [1.165, 1.54) is 12.3 Å². The summed E-state index contributed by atoms with van der Waals surface area (Å²) in [6.45, 7) is 1.29. The third-order valence-electron chi connectivity index (χ3n) is 8.42. The maximum Gasteiger partial charge on any atom is 0.573 e. The quantitative estimate of drug-likeness (QED) is 0.337. The molecule has 39 heavy (non-hydrogen) atoms. The number of nitrogens with zero attached hydrogens (tertiary/aromatic N) is 2. The number of aromatic amines is 1. The van der Waals surface area contributed by atoms with Crippen LogP contribution in [-0.2, 0) is 17.6 Å². The van der Waals surface area contributed by atoms with E-state index < -0.39 is 29.3 Å². The van der Waals surface area contributed by atoms with Gasteiger partial charge in [-0.05, 0) is 62.1 Å². The molecule has 206 valence electrons. The minimum absolute atomic E-state index is 0.0532. The van der Waals surface area contributed by atoms with Crippen molar-refractivity contribution in [3.63, 3.8) is 0 Å². The van der Waals surface area contributed by atoms with Gasteiger partial charge in [0, 0.05) is 48.0 Å². The van der Waals surface area contributed by atoms with Crippen LogP contribution in [0.1, 0.15) is 58.8 Å². The molecule has 0 radical (unpaired) electrons. The molecule has 0 bridgehead atoms. The van der Waals surface area contributed by atoms with Gasteiger partial charge < -0.3 is 25.7 Å². The van der Waals surface area contributed by atoms with E-state index in [0.29, 0.717) is 56.5 Å². The topological polar surface area (TPSA) is 113 Å². The van der Waals surface area contributed by atoms with Crippen LogP contribution in [-0.4, -0.2) is 52.7 Å². The van der Waals surface area contributed by atoms with Gasteiger partial charge in [-0.25, -0.2) is 9.37 Å². The summed E-state index contributed by atoms with van der Waals surface area (Å²) in [6.07, 6.45) is 0.0620. The number of H-pyrrole nitrogens is 1. The van der Waals surface area contributed by atoms with Crippen molar-refractivity contribution in [1.82, 2.24) is 20.2 Å². The number of nitrogens with two attached hydrogens (primary N) is 1. The van der Waals surface area contributed by atoms with Gasteiger partial charge in [0.15, 0.2) is 0 Å². The molecule has 2 aliphatic heterocycles. The lowest BCUT2D eigenvalue weighted by molar-refractivity contribution is -0.274. The lowest BCUT2D eigenvalue weighted by Gasteiger charge is -2.34. The number of alkyl halides is 3. The van der Waals surface area contributed by atoms with Crippen molar-refractivity contribution >= 4 is 28.5 Å². The SMILES string of the molecule is Nc1cc(OC(F)(F)F)ccc1C(=O)N1CCC(c2c(F)cnc3[nH]c4c(c23)CC2(CCNC2=O)CC4)CC1. The third kappa shape index (κ3) is 4.45. The fourth-order valence-corrected chi connectivity index (χ4v) is 6.47. The number of aryl methyl sites for hydroxylation is 1. The first kappa shape index (κ1) is 25.4. The number of halogens is 4. The number of anilines is 1. The molecule has 8 nitrogen and oxygen atoms in total. The molecule has 2 aromatic heterocycles. The van der Waals surface area contributed by atoms with Crippen LogP contribution in [0.5, 0.6) is 5.75 Å². The van der Waals surface area contributed by atoms with Crippen molar-refractivity contribution in [3.05, 3.63) is 52.6 Å². The van der Waals surface area contributed by atoms with Crippen LogP contribution in [0.2, 0.25) is 0 Å². The first-order valence-corrected chi connectivity index (χ1v) is 13.0. The standard InChI is InChI=1S/C27H27F4N5O3/c28-18-13-34-23-22(17-12-26(6-3-20(17)35-23)7-8-33-25(26)38)21(18)14-4-9-36(10-5-14)24(37)16-2-1-15(11-19(16)32)39-27(29,30)31/h1-2,11,13-14H,3-10,12,32H2,(H,33,38)(H,34,35). The highest BCUT2D eigenvalue weighted by atomic mass is 19.4. The van der Waals surface area contributed by atoms with E-state index in [-0.39, 0.29) is 23.1 Å². The molecule has 2 fully saturated rings. The fraction of sp³-hybridized carbons (Fsp3) is 0.444. The van der Waals surface area contributed by atoms with Crippen LogP contribution < -0.4 is 15.8 Å². The van der Waals surface area contributed by atoms with Crippen LogP contribution in [0.25, 0.3) is 11.0 Å². The number of rotatable bonds is 3. The Hall–Kier alpha value is -3.83. The summed E-state index contributed by atoms with van der Waals surface area (Å²) in [7, 11) is 0. The van der Waals surface area contributed by atoms with Crippen molar-refractivity contribution in [2.24, 2.45) is 5.41 Å². The molecule has 4 N–H and O–H groups in total. The van der Waals surface area contributed by atoms with Gasteiger partial charge in [0.05, 0.1) is 17.2 Å². The maximum atomic E-state index is 15.4. The molecule has 6 rings (SSSR count). The number of fused-ring (bicyclic) bond motifs is 3. The lowest BCUT2D eigenvalue weighted by Crippen LogP contribution is -2.38. The van der Waals surface area contributed by atoms with Crippen LogP contribution in [0.3, 0.4) is 0 Å². The van der Waals surface area contributed by atoms with E-state index in [2.05, 4.69) is 20.0 Å². The molecule has 1 spiro atoms. The molecule has 2 amide bonds. The van der Waals surface area contributed by atoms with E-state index >= 15 is 4.39 Å². The summed E-state index contributed by atoms with van der Waals surface area (Å²) in [5, 5.41) is 3.69. The van der Waals surface area contributed by atoms with Gasteiger partial charge in [-0.15, -0.1) is 13.2 Å². The summed E-state index contributed by atoms with van der Waals surface area (Å²) in [5.74, 6) is -1.43. The number of pyridine rings is 1. The Morgan fingerprint density at radius 1 is 1.21 bits per heavy atom. The van der Waals surface area contributed by atoms with Gasteiger partial charge in [-0.3, -0.25) is 9.59 Å². The second-order valence-corrected chi connectivity index (χ2v) is 10.7. The molecule has 1 atom stereocenters. The Morgan fingerprint density at radius 2 is 1.97 bits per heavy atom. The second-order valence-electron chi connectivity index (χ2n) is 10.7. The van der Waals surface area contributed by atoms with Crippen LogP contribution in [0, 0.1) is 11.2 Å². The number of piperidine rings is 1. The van der Waals surface area contributed by atoms with Gasteiger partial charge >= 0.3 is 6.36 Å². The fourth-order valence-electron chi connectivity index (χ4n) is 6.47. The smallest absolute Gasteiger partial charge is 0.406 e. The summed E-state index contributed by atoms with van der Waals surface area (Å²) in [5.41, 5.74) is 8.50. The molecule has 2 saturated heterocycles. The zero-order chi connectivity index (χ0) is 27.5. The van der Waals surface area contributed by atoms with Gasteiger partial charge in [0.1, 0.15) is 17.2 Å². The minimum Gasteiger partial charge on any atom is -0.406 e. The Balaban J connectivity index is 1.23. The Morgan fingerprint density at radius 3 is 2.64 bits per heavy atom. The Bertz CT molecular complexity index is 1480. The van der Waals surface area contributed by atoms with E-state index in [4.69, 9.17) is 5.73 Å². The molecule has 4 heterocycles. The molecular formula is C27H27F4N5O3.